The zero-order valence-electron chi connectivity index (χ0n) is 9.38. The van der Waals surface area contributed by atoms with Crippen LogP contribution in [-0.2, 0) is 12.8 Å². The van der Waals surface area contributed by atoms with Gasteiger partial charge in [0, 0.05) is 28.9 Å². The minimum atomic E-state index is 0.462. The smallest absolute Gasteiger partial charge is 0.0386 e. The Morgan fingerprint density at radius 2 is 2.27 bits per heavy atom. The summed E-state index contributed by atoms with van der Waals surface area (Å²) in [6.07, 6.45) is 5.32. The molecule has 0 fully saturated rings. The van der Waals surface area contributed by atoms with Crippen molar-refractivity contribution in [2.45, 2.75) is 38.6 Å². The van der Waals surface area contributed by atoms with E-state index in [4.69, 9.17) is 5.73 Å². The van der Waals surface area contributed by atoms with Crippen LogP contribution in [0.15, 0.2) is 6.07 Å². The van der Waals surface area contributed by atoms with E-state index >= 15 is 0 Å². The fourth-order valence-corrected chi connectivity index (χ4v) is 3.41. The van der Waals surface area contributed by atoms with Crippen LogP contribution in [0.4, 0.5) is 0 Å². The number of fused-ring (bicyclic) bond motifs is 1. The molecule has 1 aliphatic carbocycles. The van der Waals surface area contributed by atoms with Crippen molar-refractivity contribution in [2.75, 3.05) is 13.1 Å². The quantitative estimate of drug-likeness (QED) is 0.823. The number of nitrogens with one attached hydrogen (secondary N) is 1. The maximum Gasteiger partial charge on any atom is 0.0386 e. The summed E-state index contributed by atoms with van der Waals surface area (Å²) in [5.41, 5.74) is 7.09. The molecular weight excluding hydrogens is 204 g/mol. The molecule has 2 nitrogen and oxygen atoms in total. The molecule has 3 N–H and O–H groups in total. The third-order valence-electron chi connectivity index (χ3n) is 3.04. The first-order chi connectivity index (χ1) is 7.31. The van der Waals surface area contributed by atoms with Gasteiger partial charge in [0.05, 0.1) is 0 Å². The van der Waals surface area contributed by atoms with E-state index in [9.17, 15) is 0 Å². The molecule has 1 aliphatic rings. The molecule has 1 aromatic heterocycles. The summed E-state index contributed by atoms with van der Waals surface area (Å²) in [7, 11) is 0. The molecule has 0 saturated carbocycles. The minimum Gasteiger partial charge on any atom is -0.329 e. The predicted octanol–water partition coefficient (Wildman–Crippen LogP) is 2.24. The fourth-order valence-electron chi connectivity index (χ4n) is 2.13. The molecule has 1 aromatic rings. The summed E-state index contributed by atoms with van der Waals surface area (Å²) in [6.45, 7) is 3.85. The van der Waals surface area contributed by atoms with E-state index in [2.05, 4.69) is 18.3 Å². The summed E-state index contributed by atoms with van der Waals surface area (Å²) in [6, 6.07) is 2.86. The van der Waals surface area contributed by atoms with Crippen molar-refractivity contribution >= 4 is 11.3 Å². The predicted molar refractivity (Wildman–Crippen MR) is 66.4 cm³/mol. The topological polar surface area (TPSA) is 38.0 Å². The van der Waals surface area contributed by atoms with Crippen molar-refractivity contribution in [3.63, 3.8) is 0 Å². The van der Waals surface area contributed by atoms with Gasteiger partial charge in [0.25, 0.3) is 0 Å². The average Bonchev–Trinajstić information content (AvgIpc) is 2.69. The van der Waals surface area contributed by atoms with Crippen molar-refractivity contribution in [3.8, 4) is 0 Å². The first kappa shape index (κ1) is 11.1. The SMILES string of the molecule is CC(NCCN)c1cc2c(s1)CCCC2. The molecule has 0 amide bonds. The molecule has 0 spiro atoms. The van der Waals surface area contributed by atoms with E-state index in [1.54, 1.807) is 10.4 Å². The van der Waals surface area contributed by atoms with Crippen LogP contribution < -0.4 is 11.1 Å². The Kier molecular flexibility index (Phi) is 3.78. The molecule has 1 unspecified atom stereocenters. The zero-order chi connectivity index (χ0) is 10.7. The lowest BCUT2D eigenvalue weighted by atomic mass is 9.99. The maximum absolute atomic E-state index is 5.49. The molecule has 84 valence electrons. The molecule has 0 saturated heterocycles. The first-order valence-corrected chi connectivity index (χ1v) is 6.68. The summed E-state index contributed by atoms with van der Waals surface area (Å²) in [5, 5.41) is 3.44. The second kappa shape index (κ2) is 5.10. The number of nitrogens with two attached hydrogens (primary N) is 1. The van der Waals surface area contributed by atoms with Gasteiger partial charge < -0.3 is 11.1 Å². The van der Waals surface area contributed by atoms with Crippen molar-refractivity contribution in [1.82, 2.24) is 5.32 Å². The highest BCUT2D eigenvalue weighted by Gasteiger charge is 2.15. The lowest BCUT2D eigenvalue weighted by molar-refractivity contribution is 0.590. The summed E-state index contributed by atoms with van der Waals surface area (Å²) in [4.78, 5) is 3.10. The van der Waals surface area contributed by atoms with Gasteiger partial charge in [0.2, 0.25) is 0 Å². The number of thiophene rings is 1. The zero-order valence-corrected chi connectivity index (χ0v) is 10.2. The third kappa shape index (κ3) is 2.60. The van der Waals surface area contributed by atoms with Crippen LogP contribution in [0.25, 0.3) is 0 Å². The van der Waals surface area contributed by atoms with Crippen LogP contribution in [0.1, 0.15) is 41.1 Å². The molecule has 0 aromatic carbocycles. The normalized spacial score (nSPS) is 17.5. The van der Waals surface area contributed by atoms with Crippen molar-refractivity contribution in [3.05, 3.63) is 21.4 Å². The second-order valence-electron chi connectivity index (χ2n) is 4.27. The van der Waals surface area contributed by atoms with Crippen LogP contribution in [0.2, 0.25) is 0 Å². The fraction of sp³-hybridized carbons (Fsp3) is 0.667. The molecule has 3 heteroatoms. The molecule has 1 atom stereocenters. The minimum absolute atomic E-state index is 0.462. The first-order valence-electron chi connectivity index (χ1n) is 5.86. The highest BCUT2D eigenvalue weighted by atomic mass is 32.1. The highest BCUT2D eigenvalue weighted by molar-refractivity contribution is 7.12. The van der Waals surface area contributed by atoms with Gasteiger partial charge in [-0.3, -0.25) is 0 Å². The molecule has 0 radical (unpaired) electrons. The van der Waals surface area contributed by atoms with Crippen molar-refractivity contribution in [2.24, 2.45) is 5.73 Å². The van der Waals surface area contributed by atoms with Gasteiger partial charge in [-0.25, -0.2) is 0 Å². The Hall–Kier alpha value is -0.380. The summed E-state index contributed by atoms with van der Waals surface area (Å²) in [5.74, 6) is 0. The van der Waals surface area contributed by atoms with E-state index < -0.39 is 0 Å². The Balaban J connectivity index is 2.05. The van der Waals surface area contributed by atoms with Crippen LogP contribution in [-0.4, -0.2) is 13.1 Å². The summed E-state index contributed by atoms with van der Waals surface area (Å²) >= 11 is 1.99. The molecule has 15 heavy (non-hydrogen) atoms. The van der Waals surface area contributed by atoms with E-state index in [1.165, 1.54) is 30.6 Å². The number of aryl methyl sites for hydroxylation is 2. The van der Waals surface area contributed by atoms with Crippen LogP contribution in [0.3, 0.4) is 0 Å². The van der Waals surface area contributed by atoms with Gasteiger partial charge in [-0.1, -0.05) is 0 Å². The third-order valence-corrected chi connectivity index (χ3v) is 4.46. The lowest BCUT2D eigenvalue weighted by Gasteiger charge is -2.10. The van der Waals surface area contributed by atoms with Gasteiger partial charge >= 0.3 is 0 Å². The summed E-state index contributed by atoms with van der Waals surface area (Å²) < 4.78 is 0. The van der Waals surface area contributed by atoms with Gasteiger partial charge in [-0.05, 0) is 44.2 Å². The van der Waals surface area contributed by atoms with Crippen molar-refractivity contribution < 1.29 is 0 Å². The Labute approximate surface area is 95.9 Å². The van der Waals surface area contributed by atoms with Gasteiger partial charge in [-0.2, -0.15) is 0 Å². The van der Waals surface area contributed by atoms with Crippen LogP contribution in [0.5, 0.6) is 0 Å². The van der Waals surface area contributed by atoms with Gasteiger partial charge in [-0.15, -0.1) is 11.3 Å². The largest absolute Gasteiger partial charge is 0.329 e. The highest BCUT2D eigenvalue weighted by Crippen LogP contribution is 2.32. The van der Waals surface area contributed by atoms with Crippen LogP contribution in [0, 0.1) is 0 Å². The Bertz CT molecular complexity index is 296. The van der Waals surface area contributed by atoms with E-state index in [-0.39, 0.29) is 0 Å². The average molecular weight is 224 g/mol. The lowest BCUT2D eigenvalue weighted by Crippen LogP contribution is -2.24. The standard InChI is InChI=1S/C12H20N2S/c1-9(14-7-6-13)12-8-10-4-2-3-5-11(10)15-12/h8-9,14H,2-7,13H2,1H3. The van der Waals surface area contributed by atoms with Crippen molar-refractivity contribution in [1.29, 1.82) is 0 Å². The molecule has 0 aliphatic heterocycles. The van der Waals surface area contributed by atoms with Gasteiger partial charge in [0.1, 0.15) is 0 Å². The number of hydrogen-bond acceptors (Lipinski definition) is 3. The molecule has 0 bridgehead atoms. The number of rotatable bonds is 4. The maximum atomic E-state index is 5.49. The monoisotopic (exact) mass is 224 g/mol. The molecular formula is C12H20N2S. The Morgan fingerprint density at radius 1 is 1.47 bits per heavy atom. The second-order valence-corrected chi connectivity index (χ2v) is 5.44. The molecule has 1 heterocycles. The van der Waals surface area contributed by atoms with E-state index in [0.29, 0.717) is 6.04 Å². The Morgan fingerprint density at radius 3 is 3.00 bits per heavy atom. The van der Waals surface area contributed by atoms with Gasteiger partial charge in [0.15, 0.2) is 0 Å². The number of hydrogen-bond donors (Lipinski definition) is 2. The van der Waals surface area contributed by atoms with E-state index in [1.807, 2.05) is 11.3 Å². The molecule has 2 rings (SSSR count). The van der Waals surface area contributed by atoms with E-state index in [0.717, 1.165) is 13.1 Å². The van der Waals surface area contributed by atoms with Crippen LogP contribution >= 0.6 is 11.3 Å².